The third-order valence-corrected chi connectivity index (χ3v) is 8.19. The fraction of sp³-hybridized carbons (Fsp3) is 0.150. The van der Waals surface area contributed by atoms with Crippen LogP contribution in [0.25, 0.3) is 10.8 Å². The van der Waals surface area contributed by atoms with Crippen molar-refractivity contribution in [2.75, 3.05) is 12.3 Å². The highest BCUT2D eigenvalue weighted by atomic mass is 32.2. The third-order valence-electron chi connectivity index (χ3n) is 4.59. The summed E-state index contributed by atoms with van der Waals surface area (Å²) in [5.74, 6) is -0.573. The summed E-state index contributed by atoms with van der Waals surface area (Å²) < 4.78 is 53.0. The number of H-pyrrole nitrogens is 1. The summed E-state index contributed by atoms with van der Waals surface area (Å²) in [6, 6.07) is 13.6. The monoisotopic (exact) mass is 447 g/mol. The minimum atomic E-state index is -4.24. The SMILES string of the molecule is CC=C(N)N(CCS(=O)(=O)c1ccccc1)S(=O)(=O)c1cccc2c(=O)[nH]ccc12. The Bertz CT molecular complexity index is 1360. The molecule has 0 amide bonds. The van der Waals surface area contributed by atoms with Gasteiger partial charge in [0.15, 0.2) is 9.84 Å². The standard InChI is InChI=1S/C20H21N3O5S2/c1-2-19(21)23(13-14-29(25,26)15-7-4-3-5-8-15)30(27,28)18-10-6-9-17-16(18)11-12-22-20(17)24/h2-12H,13-14,21H2,1H3,(H,22,24). The van der Waals surface area contributed by atoms with Gasteiger partial charge in [-0.25, -0.2) is 16.8 Å². The summed E-state index contributed by atoms with van der Waals surface area (Å²) in [4.78, 5) is 14.5. The molecule has 0 bridgehead atoms. The maximum atomic E-state index is 13.4. The van der Waals surface area contributed by atoms with Crippen LogP contribution in [0.1, 0.15) is 6.92 Å². The van der Waals surface area contributed by atoms with Crippen molar-refractivity contribution in [1.82, 2.24) is 9.29 Å². The topological polar surface area (TPSA) is 130 Å². The van der Waals surface area contributed by atoms with Crippen LogP contribution < -0.4 is 11.3 Å². The molecule has 158 valence electrons. The van der Waals surface area contributed by atoms with Crippen LogP contribution >= 0.6 is 0 Å². The first-order valence-electron chi connectivity index (χ1n) is 9.01. The van der Waals surface area contributed by atoms with Gasteiger partial charge in [0.25, 0.3) is 15.6 Å². The molecule has 0 aliphatic heterocycles. The zero-order valence-corrected chi connectivity index (χ0v) is 17.8. The summed E-state index contributed by atoms with van der Waals surface area (Å²) in [6.45, 7) is 1.17. The van der Waals surface area contributed by atoms with E-state index in [1.165, 1.54) is 48.7 Å². The maximum absolute atomic E-state index is 13.4. The third kappa shape index (κ3) is 4.10. The Morgan fingerprint density at radius 1 is 1.00 bits per heavy atom. The summed E-state index contributed by atoms with van der Waals surface area (Å²) in [7, 11) is -7.97. The molecule has 2 aromatic carbocycles. The van der Waals surface area contributed by atoms with Gasteiger partial charge >= 0.3 is 0 Å². The molecule has 0 fully saturated rings. The number of nitrogens with zero attached hydrogens (tertiary/aromatic N) is 1. The molecule has 1 aromatic heterocycles. The highest BCUT2D eigenvalue weighted by molar-refractivity contribution is 7.91. The molecule has 3 rings (SSSR count). The number of allylic oxidation sites excluding steroid dienone is 1. The fourth-order valence-electron chi connectivity index (χ4n) is 3.02. The molecule has 10 heteroatoms. The number of hydrogen-bond donors (Lipinski definition) is 2. The quantitative estimate of drug-likeness (QED) is 0.568. The minimum absolute atomic E-state index is 0.0955. The van der Waals surface area contributed by atoms with Crippen LogP contribution in [0, 0.1) is 0 Å². The Balaban J connectivity index is 2.05. The lowest BCUT2D eigenvalue weighted by Crippen LogP contribution is -2.37. The van der Waals surface area contributed by atoms with Crippen molar-refractivity contribution in [3.63, 3.8) is 0 Å². The van der Waals surface area contributed by atoms with Crippen molar-refractivity contribution in [2.45, 2.75) is 16.7 Å². The number of nitrogens with two attached hydrogens (primary N) is 1. The van der Waals surface area contributed by atoms with Crippen molar-refractivity contribution in [3.8, 4) is 0 Å². The van der Waals surface area contributed by atoms with Crippen LogP contribution in [-0.2, 0) is 19.9 Å². The Morgan fingerprint density at radius 3 is 2.37 bits per heavy atom. The fourth-order valence-corrected chi connectivity index (χ4v) is 6.02. The number of sulfonamides is 1. The minimum Gasteiger partial charge on any atom is -0.385 e. The molecular formula is C20H21N3O5S2. The highest BCUT2D eigenvalue weighted by Gasteiger charge is 2.29. The van der Waals surface area contributed by atoms with E-state index in [0.29, 0.717) is 0 Å². The van der Waals surface area contributed by atoms with E-state index >= 15 is 0 Å². The van der Waals surface area contributed by atoms with Gasteiger partial charge in [-0.2, -0.15) is 0 Å². The van der Waals surface area contributed by atoms with Gasteiger partial charge in [0.05, 0.1) is 22.1 Å². The molecule has 0 spiro atoms. The maximum Gasteiger partial charge on any atom is 0.266 e. The molecule has 0 atom stereocenters. The van der Waals surface area contributed by atoms with E-state index in [1.807, 2.05) is 0 Å². The summed E-state index contributed by atoms with van der Waals surface area (Å²) in [6.07, 6.45) is 2.73. The number of hydrogen-bond acceptors (Lipinski definition) is 6. The molecule has 8 nitrogen and oxygen atoms in total. The zero-order chi connectivity index (χ0) is 21.9. The number of aromatic nitrogens is 1. The van der Waals surface area contributed by atoms with Gasteiger partial charge in [0.1, 0.15) is 5.82 Å². The molecule has 3 N–H and O–H groups in total. The van der Waals surface area contributed by atoms with Gasteiger partial charge in [-0.15, -0.1) is 0 Å². The van der Waals surface area contributed by atoms with Crippen LogP contribution in [0.2, 0.25) is 0 Å². The van der Waals surface area contributed by atoms with Crippen molar-refractivity contribution in [3.05, 3.63) is 83.0 Å². The predicted octanol–water partition coefficient (Wildman–Crippen LogP) is 1.81. The Morgan fingerprint density at radius 2 is 1.70 bits per heavy atom. The molecule has 0 saturated carbocycles. The number of benzene rings is 2. The van der Waals surface area contributed by atoms with Crippen LogP contribution in [-0.4, -0.2) is 38.4 Å². The Hall–Kier alpha value is -3.11. The first-order valence-corrected chi connectivity index (χ1v) is 12.1. The molecular weight excluding hydrogens is 426 g/mol. The smallest absolute Gasteiger partial charge is 0.266 e. The summed E-state index contributed by atoms with van der Waals surface area (Å²) >= 11 is 0. The molecule has 0 aliphatic rings. The predicted molar refractivity (Wildman–Crippen MR) is 115 cm³/mol. The molecule has 30 heavy (non-hydrogen) atoms. The lowest BCUT2D eigenvalue weighted by atomic mass is 10.2. The average molecular weight is 448 g/mol. The summed E-state index contributed by atoms with van der Waals surface area (Å²) in [5, 5.41) is 0.426. The van der Waals surface area contributed by atoms with Gasteiger partial charge in [-0.1, -0.05) is 24.3 Å². The van der Waals surface area contributed by atoms with Gasteiger partial charge in [-0.3, -0.25) is 9.10 Å². The number of rotatable bonds is 7. The Labute approximate surface area is 174 Å². The largest absolute Gasteiger partial charge is 0.385 e. The van der Waals surface area contributed by atoms with Gasteiger partial charge in [-0.05, 0) is 43.3 Å². The second kappa shape index (κ2) is 8.33. The van der Waals surface area contributed by atoms with E-state index < -0.39 is 31.2 Å². The average Bonchev–Trinajstić information content (AvgIpc) is 2.74. The number of pyridine rings is 1. The number of aromatic amines is 1. The highest BCUT2D eigenvalue weighted by Crippen LogP contribution is 2.25. The van der Waals surface area contributed by atoms with Crippen LogP contribution in [0.3, 0.4) is 0 Å². The van der Waals surface area contributed by atoms with E-state index in [0.717, 1.165) is 4.31 Å². The Kier molecular flexibility index (Phi) is 5.99. The number of nitrogens with one attached hydrogen (secondary N) is 1. The molecule has 0 saturated heterocycles. The van der Waals surface area contributed by atoms with Gasteiger partial charge in [0, 0.05) is 17.0 Å². The molecule has 0 unspecified atom stereocenters. The van der Waals surface area contributed by atoms with Crippen LogP contribution in [0.5, 0.6) is 0 Å². The van der Waals surface area contributed by atoms with E-state index in [9.17, 15) is 21.6 Å². The first kappa shape index (κ1) is 21.6. The molecule has 3 aromatic rings. The van der Waals surface area contributed by atoms with Crippen molar-refractivity contribution in [1.29, 1.82) is 0 Å². The van der Waals surface area contributed by atoms with Crippen LogP contribution in [0.15, 0.2) is 87.3 Å². The molecule has 1 heterocycles. The second-order valence-electron chi connectivity index (χ2n) is 6.45. The lowest BCUT2D eigenvalue weighted by molar-refractivity contribution is 0.485. The molecule has 0 radical (unpaired) electrons. The summed E-state index contributed by atoms with van der Waals surface area (Å²) in [5.41, 5.74) is 5.50. The van der Waals surface area contributed by atoms with Crippen LogP contribution in [0.4, 0.5) is 0 Å². The van der Waals surface area contributed by atoms with E-state index in [1.54, 1.807) is 25.1 Å². The lowest BCUT2D eigenvalue weighted by Gasteiger charge is -2.25. The van der Waals surface area contributed by atoms with Crippen molar-refractivity contribution in [2.24, 2.45) is 5.73 Å². The van der Waals surface area contributed by atoms with E-state index in [-0.39, 0.29) is 32.9 Å². The normalized spacial score (nSPS) is 12.8. The zero-order valence-electron chi connectivity index (χ0n) is 16.1. The van der Waals surface area contributed by atoms with E-state index in [4.69, 9.17) is 5.73 Å². The second-order valence-corrected chi connectivity index (χ2v) is 10.4. The van der Waals surface area contributed by atoms with Gasteiger partial charge < -0.3 is 10.7 Å². The van der Waals surface area contributed by atoms with Gasteiger partial charge in [0.2, 0.25) is 0 Å². The number of sulfone groups is 1. The number of fused-ring (bicyclic) bond motifs is 1. The van der Waals surface area contributed by atoms with E-state index in [2.05, 4.69) is 4.98 Å². The van der Waals surface area contributed by atoms with Crippen molar-refractivity contribution < 1.29 is 16.8 Å². The first-order chi connectivity index (χ1) is 14.2. The van der Waals surface area contributed by atoms with Crippen molar-refractivity contribution >= 4 is 30.6 Å². The molecule has 0 aliphatic carbocycles.